The zero-order valence-electron chi connectivity index (χ0n) is 11.4. The lowest BCUT2D eigenvalue weighted by Crippen LogP contribution is -2.23. The molecular formula is C14H19F2NO3. The minimum Gasteiger partial charge on any atom is -0.466 e. The number of carbonyl (C=O) groups excluding carboxylic acids is 1. The minimum absolute atomic E-state index is 0.202. The maximum absolute atomic E-state index is 13.0. The summed E-state index contributed by atoms with van der Waals surface area (Å²) in [7, 11) is 0. The molecule has 1 rings (SSSR count). The minimum atomic E-state index is -0.983. The first-order chi connectivity index (χ1) is 9.54. The van der Waals surface area contributed by atoms with E-state index in [1.165, 1.54) is 6.07 Å². The molecule has 1 aromatic rings. The maximum atomic E-state index is 13.0. The predicted octanol–water partition coefficient (Wildman–Crippen LogP) is 1.93. The molecule has 1 aromatic carbocycles. The van der Waals surface area contributed by atoms with E-state index in [1.54, 1.807) is 6.92 Å². The summed E-state index contributed by atoms with van der Waals surface area (Å²) < 4.78 is 30.5. The van der Waals surface area contributed by atoms with Crippen molar-refractivity contribution in [2.75, 3.05) is 19.7 Å². The van der Waals surface area contributed by atoms with Crippen molar-refractivity contribution in [1.29, 1.82) is 0 Å². The second-order valence-corrected chi connectivity index (χ2v) is 4.30. The third kappa shape index (κ3) is 5.63. The second-order valence-electron chi connectivity index (χ2n) is 4.30. The Morgan fingerprint density at radius 1 is 1.40 bits per heavy atom. The van der Waals surface area contributed by atoms with E-state index in [0.29, 0.717) is 31.6 Å². The molecule has 0 heterocycles. The number of carbonyl (C=O) groups is 1. The summed E-state index contributed by atoms with van der Waals surface area (Å²) in [6, 6.07) is 3.29. The lowest BCUT2D eigenvalue weighted by Gasteiger charge is -2.12. The molecule has 0 radical (unpaired) electrons. The first kappa shape index (κ1) is 16.5. The van der Waals surface area contributed by atoms with Crippen molar-refractivity contribution >= 4 is 5.97 Å². The Kier molecular flexibility index (Phi) is 7.11. The van der Waals surface area contributed by atoms with Crippen molar-refractivity contribution in [2.24, 2.45) is 0 Å². The number of benzene rings is 1. The number of hydrogen-bond acceptors (Lipinski definition) is 4. The topological polar surface area (TPSA) is 58.6 Å². The molecule has 0 aliphatic carbocycles. The number of nitrogens with one attached hydrogen (secondary N) is 1. The van der Waals surface area contributed by atoms with Crippen LogP contribution >= 0.6 is 0 Å². The highest BCUT2D eigenvalue weighted by Crippen LogP contribution is 2.15. The van der Waals surface area contributed by atoms with Gasteiger partial charge in [0, 0.05) is 13.0 Å². The van der Waals surface area contributed by atoms with E-state index in [0.717, 1.165) is 12.1 Å². The fourth-order valence-electron chi connectivity index (χ4n) is 1.67. The fourth-order valence-corrected chi connectivity index (χ4v) is 1.67. The summed E-state index contributed by atoms with van der Waals surface area (Å²) in [6.45, 7) is 2.84. The number of rotatable bonds is 8. The van der Waals surface area contributed by atoms with Gasteiger partial charge in [-0.1, -0.05) is 6.07 Å². The molecule has 1 atom stereocenters. The molecule has 0 saturated carbocycles. The number of aliphatic hydroxyl groups excluding tert-OH is 1. The van der Waals surface area contributed by atoms with Crippen molar-refractivity contribution in [3.05, 3.63) is 35.4 Å². The van der Waals surface area contributed by atoms with Crippen LogP contribution in [0.5, 0.6) is 0 Å². The van der Waals surface area contributed by atoms with E-state index in [-0.39, 0.29) is 12.5 Å². The number of ether oxygens (including phenoxy) is 1. The Bertz CT molecular complexity index is 440. The maximum Gasteiger partial charge on any atom is 0.305 e. The van der Waals surface area contributed by atoms with Crippen LogP contribution in [0.15, 0.2) is 18.2 Å². The molecule has 0 saturated heterocycles. The summed E-state index contributed by atoms with van der Waals surface area (Å²) in [5, 5.41) is 12.7. The van der Waals surface area contributed by atoms with E-state index in [2.05, 4.69) is 5.32 Å². The Balaban J connectivity index is 2.24. The molecule has 0 aliphatic rings. The van der Waals surface area contributed by atoms with E-state index < -0.39 is 17.7 Å². The van der Waals surface area contributed by atoms with Gasteiger partial charge in [-0.15, -0.1) is 0 Å². The van der Waals surface area contributed by atoms with Crippen LogP contribution in [0, 0.1) is 11.6 Å². The first-order valence-corrected chi connectivity index (χ1v) is 6.54. The molecular weight excluding hydrogens is 268 g/mol. The van der Waals surface area contributed by atoms with Gasteiger partial charge in [0.1, 0.15) is 0 Å². The van der Waals surface area contributed by atoms with Crippen molar-refractivity contribution in [3.8, 4) is 0 Å². The number of hydrogen-bond donors (Lipinski definition) is 2. The van der Waals surface area contributed by atoms with Crippen LogP contribution in [0.25, 0.3) is 0 Å². The van der Waals surface area contributed by atoms with Gasteiger partial charge in [0.2, 0.25) is 0 Å². The summed E-state index contributed by atoms with van der Waals surface area (Å²) in [4.78, 5) is 11.1. The third-order valence-corrected chi connectivity index (χ3v) is 2.71. The van der Waals surface area contributed by atoms with Crippen molar-refractivity contribution in [3.63, 3.8) is 0 Å². The first-order valence-electron chi connectivity index (χ1n) is 6.54. The van der Waals surface area contributed by atoms with Gasteiger partial charge < -0.3 is 15.2 Å². The largest absolute Gasteiger partial charge is 0.466 e. The highest BCUT2D eigenvalue weighted by Gasteiger charge is 2.10. The van der Waals surface area contributed by atoms with Gasteiger partial charge in [0.15, 0.2) is 11.6 Å². The van der Waals surface area contributed by atoms with Gasteiger partial charge in [-0.25, -0.2) is 8.78 Å². The van der Waals surface area contributed by atoms with Crippen LogP contribution in [-0.2, 0) is 9.53 Å². The average Bonchev–Trinajstić information content (AvgIpc) is 2.41. The molecule has 6 heteroatoms. The Hall–Kier alpha value is -1.53. The highest BCUT2D eigenvalue weighted by molar-refractivity contribution is 5.69. The van der Waals surface area contributed by atoms with Crippen molar-refractivity contribution in [1.82, 2.24) is 5.32 Å². The molecule has 2 N–H and O–H groups in total. The smallest absolute Gasteiger partial charge is 0.305 e. The Morgan fingerprint density at radius 2 is 2.15 bits per heavy atom. The van der Waals surface area contributed by atoms with Gasteiger partial charge in [-0.05, 0) is 37.6 Å². The molecule has 0 aliphatic heterocycles. The Labute approximate surface area is 116 Å². The zero-order chi connectivity index (χ0) is 15.0. The third-order valence-electron chi connectivity index (χ3n) is 2.71. The van der Waals surface area contributed by atoms with Gasteiger partial charge in [-0.3, -0.25) is 4.79 Å². The SMILES string of the molecule is CCOC(=O)CCCNCC(O)c1ccc(F)c(F)c1. The lowest BCUT2D eigenvalue weighted by atomic mass is 10.1. The fraction of sp³-hybridized carbons (Fsp3) is 0.500. The molecule has 0 fully saturated rings. The predicted molar refractivity (Wildman–Crippen MR) is 70.1 cm³/mol. The molecule has 112 valence electrons. The van der Waals surface area contributed by atoms with E-state index in [1.807, 2.05) is 0 Å². The summed E-state index contributed by atoms with van der Waals surface area (Å²) >= 11 is 0. The number of halogens is 2. The van der Waals surface area contributed by atoms with Crippen LogP contribution in [0.1, 0.15) is 31.4 Å². The van der Waals surface area contributed by atoms with Crippen LogP contribution < -0.4 is 5.32 Å². The van der Waals surface area contributed by atoms with Crippen molar-refractivity contribution < 1.29 is 23.4 Å². The van der Waals surface area contributed by atoms with Crippen LogP contribution in [-0.4, -0.2) is 30.8 Å². The summed E-state index contributed by atoms with van der Waals surface area (Å²) in [5.74, 6) is -2.18. The monoisotopic (exact) mass is 287 g/mol. The summed E-state index contributed by atoms with van der Waals surface area (Å²) in [6.07, 6.45) is -0.0291. The van der Waals surface area contributed by atoms with Crippen LogP contribution in [0.4, 0.5) is 8.78 Å². The van der Waals surface area contributed by atoms with Crippen LogP contribution in [0.3, 0.4) is 0 Å². The van der Waals surface area contributed by atoms with Gasteiger partial charge in [0.05, 0.1) is 12.7 Å². The van der Waals surface area contributed by atoms with Gasteiger partial charge in [0.25, 0.3) is 0 Å². The van der Waals surface area contributed by atoms with E-state index >= 15 is 0 Å². The zero-order valence-corrected chi connectivity index (χ0v) is 11.4. The highest BCUT2D eigenvalue weighted by atomic mass is 19.2. The second kappa shape index (κ2) is 8.60. The normalized spacial score (nSPS) is 12.2. The van der Waals surface area contributed by atoms with Crippen molar-refractivity contribution in [2.45, 2.75) is 25.9 Å². The quantitative estimate of drug-likeness (QED) is 0.566. The van der Waals surface area contributed by atoms with E-state index in [9.17, 15) is 18.7 Å². The molecule has 0 bridgehead atoms. The molecule has 4 nitrogen and oxygen atoms in total. The number of aliphatic hydroxyl groups is 1. The van der Waals surface area contributed by atoms with Gasteiger partial charge in [-0.2, -0.15) is 0 Å². The van der Waals surface area contributed by atoms with Gasteiger partial charge >= 0.3 is 5.97 Å². The molecule has 1 unspecified atom stereocenters. The van der Waals surface area contributed by atoms with Crippen LogP contribution in [0.2, 0.25) is 0 Å². The molecule has 0 spiro atoms. The molecule has 20 heavy (non-hydrogen) atoms. The molecule has 0 amide bonds. The lowest BCUT2D eigenvalue weighted by molar-refractivity contribution is -0.143. The molecule has 0 aromatic heterocycles. The average molecular weight is 287 g/mol. The van der Waals surface area contributed by atoms with E-state index in [4.69, 9.17) is 4.74 Å². The Morgan fingerprint density at radius 3 is 2.80 bits per heavy atom. The summed E-state index contributed by atoms with van der Waals surface area (Å²) in [5.41, 5.74) is 0.307. The number of esters is 1. The standard InChI is InChI=1S/C14H19F2NO3/c1-2-20-14(19)4-3-7-17-9-13(18)10-5-6-11(15)12(16)8-10/h5-6,8,13,17-18H,2-4,7,9H2,1H3.